The van der Waals surface area contributed by atoms with Gasteiger partial charge in [-0.2, -0.15) is 5.26 Å². The second-order valence-corrected chi connectivity index (χ2v) is 5.38. The number of nitrogens with zero attached hydrogens (tertiary/aromatic N) is 1. The van der Waals surface area contributed by atoms with Crippen molar-refractivity contribution in [3.63, 3.8) is 0 Å². The van der Waals surface area contributed by atoms with Gasteiger partial charge in [-0.1, -0.05) is 12.1 Å². The quantitative estimate of drug-likeness (QED) is 0.692. The van der Waals surface area contributed by atoms with E-state index in [4.69, 9.17) is 5.26 Å². The van der Waals surface area contributed by atoms with E-state index in [0.717, 1.165) is 11.1 Å². The summed E-state index contributed by atoms with van der Waals surface area (Å²) in [4.78, 5) is 0.422. The van der Waals surface area contributed by atoms with Crippen molar-refractivity contribution >= 4 is 9.84 Å². The third-order valence-corrected chi connectivity index (χ3v) is 4.25. The van der Waals surface area contributed by atoms with Crippen LogP contribution in [0.2, 0.25) is 0 Å². The van der Waals surface area contributed by atoms with Crippen molar-refractivity contribution in [2.24, 2.45) is 0 Å². The average molecular weight is 207 g/mol. The predicted molar refractivity (Wildman–Crippen MR) is 51.5 cm³/mol. The molecule has 4 heteroatoms. The van der Waals surface area contributed by atoms with Crippen LogP contribution in [0.3, 0.4) is 0 Å². The van der Waals surface area contributed by atoms with Gasteiger partial charge in [-0.25, -0.2) is 8.42 Å². The van der Waals surface area contributed by atoms with Crippen LogP contribution in [0.4, 0.5) is 0 Å². The Hall–Kier alpha value is -1.34. The second kappa shape index (κ2) is 3.10. The molecule has 2 rings (SSSR count). The van der Waals surface area contributed by atoms with E-state index in [1.165, 1.54) is 0 Å². The number of hydrogen-bond donors (Lipinski definition) is 0. The van der Waals surface area contributed by atoms with E-state index in [2.05, 4.69) is 0 Å². The van der Waals surface area contributed by atoms with E-state index < -0.39 is 9.84 Å². The first kappa shape index (κ1) is 9.22. The van der Waals surface area contributed by atoms with Crippen molar-refractivity contribution < 1.29 is 8.42 Å². The summed E-state index contributed by atoms with van der Waals surface area (Å²) in [5.74, 6) is 0.185. The number of rotatable bonds is 1. The summed E-state index contributed by atoms with van der Waals surface area (Å²) in [5.41, 5.74) is 1.69. The van der Waals surface area contributed by atoms with Crippen LogP contribution in [0.1, 0.15) is 11.1 Å². The Bertz CT molecular complexity index is 511. The molecule has 0 saturated heterocycles. The molecule has 0 aliphatic carbocycles. The van der Waals surface area contributed by atoms with Gasteiger partial charge in [-0.3, -0.25) is 0 Å². The van der Waals surface area contributed by atoms with Gasteiger partial charge in [0.2, 0.25) is 0 Å². The maximum atomic E-state index is 11.5. The minimum atomic E-state index is -3.06. The molecule has 0 N–H and O–H groups in total. The van der Waals surface area contributed by atoms with Gasteiger partial charge in [0.25, 0.3) is 0 Å². The normalized spacial score (nSPS) is 17.4. The van der Waals surface area contributed by atoms with Crippen LogP contribution in [0.5, 0.6) is 0 Å². The molecule has 1 aromatic carbocycles. The second-order valence-electron chi connectivity index (χ2n) is 3.30. The van der Waals surface area contributed by atoms with Crippen LogP contribution < -0.4 is 0 Å². The molecule has 0 amide bonds. The van der Waals surface area contributed by atoms with Gasteiger partial charge in [0.05, 0.1) is 23.1 Å². The highest BCUT2D eigenvalue weighted by atomic mass is 32.2. The molecule has 3 nitrogen and oxygen atoms in total. The average Bonchev–Trinajstić information content (AvgIpc) is 2.45. The molecular weight excluding hydrogens is 198 g/mol. The van der Waals surface area contributed by atoms with Crippen LogP contribution in [-0.2, 0) is 22.7 Å². The molecule has 0 fully saturated rings. The van der Waals surface area contributed by atoms with Crippen molar-refractivity contribution in [2.75, 3.05) is 5.75 Å². The van der Waals surface area contributed by atoms with Gasteiger partial charge >= 0.3 is 0 Å². The highest BCUT2D eigenvalue weighted by Gasteiger charge is 2.27. The molecule has 14 heavy (non-hydrogen) atoms. The molecule has 0 bridgehead atoms. The minimum Gasteiger partial charge on any atom is -0.224 e. The van der Waals surface area contributed by atoms with E-state index in [0.29, 0.717) is 17.7 Å². The van der Waals surface area contributed by atoms with Crippen molar-refractivity contribution in [2.45, 2.75) is 17.7 Å². The molecule has 1 aromatic rings. The third-order valence-electron chi connectivity index (χ3n) is 2.46. The lowest BCUT2D eigenvalue weighted by Gasteiger charge is -2.02. The van der Waals surface area contributed by atoms with Crippen molar-refractivity contribution in [3.8, 4) is 6.07 Å². The largest absolute Gasteiger partial charge is 0.224 e. The van der Waals surface area contributed by atoms with E-state index >= 15 is 0 Å². The highest BCUT2D eigenvalue weighted by Crippen LogP contribution is 2.28. The van der Waals surface area contributed by atoms with Gasteiger partial charge in [-0.15, -0.1) is 0 Å². The number of benzene rings is 1. The Morgan fingerprint density at radius 1 is 1.43 bits per heavy atom. The van der Waals surface area contributed by atoms with E-state index in [-0.39, 0.29) is 5.75 Å². The predicted octanol–water partition coefficient (Wildman–Crippen LogP) is 1.08. The zero-order valence-corrected chi connectivity index (χ0v) is 8.34. The van der Waals surface area contributed by atoms with Crippen molar-refractivity contribution in [1.82, 2.24) is 0 Å². The fraction of sp³-hybridized carbons (Fsp3) is 0.300. The molecule has 1 aliphatic heterocycles. The molecule has 0 saturated carbocycles. The summed E-state index contributed by atoms with van der Waals surface area (Å²) in [5, 5.41) is 8.58. The molecule has 0 unspecified atom stereocenters. The topological polar surface area (TPSA) is 57.9 Å². The summed E-state index contributed by atoms with van der Waals surface area (Å²) in [6.45, 7) is 0. The number of fused-ring (bicyclic) bond motifs is 1. The lowest BCUT2D eigenvalue weighted by Crippen LogP contribution is -1.98. The van der Waals surface area contributed by atoms with Crippen LogP contribution in [-0.4, -0.2) is 14.2 Å². The summed E-state index contributed by atoms with van der Waals surface area (Å²) in [7, 11) is -3.06. The Morgan fingerprint density at radius 2 is 2.21 bits per heavy atom. The third kappa shape index (κ3) is 1.30. The van der Waals surface area contributed by atoms with Crippen molar-refractivity contribution in [3.05, 3.63) is 29.3 Å². The number of sulfone groups is 1. The summed E-state index contributed by atoms with van der Waals surface area (Å²) in [6, 6.07) is 7.19. The highest BCUT2D eigenvalue weighted by molar-refractivity contribution is 7.91. The van der Waals surface area contributed by atoms with Gasteiger partial charge in [-0.05, 0) is 23.6 Å². The molecule has 72 valence electrons. The van der Waals surface area contributed by atoms with E-state index in [1.54, 1.807) is 12.1 Å². The minimum absolute atomic E-state index is 0.185. The van der Waals surface area contributed by atoms with Crippen molar-refractivity contribution in [1.29, 1.82) is 5.26 Å². The van der Waals surface area contributed by atoms with Gasteiger partial charge in [0, 0.05) is 0 Å². The first-order chi connectivity index (χ1) is 6.65. The maximum absolute atomic E-state index is 11.5. The Morgan fingerprint density at radius 3 is 2.93 bits per heavy atom. The summed E-state index contributed by atoms with van der Waals surface area (Å²) in [6.07, 6.45) is 0.841. The monoisotopic (exact) mass is 207 g/mol. The van der Waals surface area contributed by atoms with Crippen LogP contribution in [0.15, 0.2) is 23.1 Å². The molecular formula is C10H9NO2S. The molecule has 1 aliphatic rings. The first-order valence-electron chi connectivity index (χ1n) is 4.35. The first-order valence-corrected chi connectivity index (χ1v) is 6.01. The zero-order chi connectivity index (χ0) is 10.2. The molecule has 0 spiro atoms. The SMILES string of the molecule is N#CCc1cccc2c1CCS2(=O)=O. The molecule has 0 atom stereocenters. The lowest BCUT2D eigenvalue weighted by atomic mass is 10.0. The summed E-state index contributed by atoms with van der Waals surface area (Å²) < 4.78 is 23.1. The van der Waals surface area contributed by atoms with Gasteiger partial charge < -0.3 is 0 Å². The van der Waals surface area contributed by atoms with Crippen LogP contribution >= 0.6 is 0 Å². The van der Waals surface area contributed by atoms with Gasteiger partial charge in [0.1, 0.15) is 0 Å². The number of hydrogen-bond acceptors (Lipinski definition) is 3. The Kier molecular flexibility index (Phi) is 2.05. The fourth-order valence-electron chi connectivity index (χ4n) is 1.78. The lowest BCUT2D eigenvalue weighted by molar-refractivity contribution is 0.600. The van der Waals surface area contributed by atoms with E-state index in [1.807, 2.05) is 12.1 Å². The summed E-state index contributed by atoms with van der Waals surface area (Å²) >= 11 is 0. The zero-order valence-electron chi connectivity index (χ0n) is 7.53. The fourth-order valence-corrected chi connectivity index (χ4v) is 3.37. The van der Waals surface area contributed by atoms with Gasteiger partial charge in [0.15, 0.2) is 9.84 Å². The maximum Gasteiger partial charge on any atom is 0.178 e. The molecule has 1 heterocycles. The van der Waals surface area contributed by atoms with Crippen LogP contribution in [0.25, 0.3) is 0 Å². The number of nitriles is 1. The standard InChI is InChI=1S/C10H9NO2S/c11-6-4-8-2-1-3-10-9(8)5-7-14(10,12)13/h1-3H,4-5,7H2. The Labute approximate surface area is 82.9 Å². The van der Waals surface area contributed by atoms with Crippen LogP contribution in [0, 0.1) is 11.3 Å². The molecule has 0 aromatic heterocycles. The molecule has 0 radical (unpaired) electrons. The Balaban J connectivity index is 2.63. The van der Waals surface area contributed by atoms with E-state index in [9.17, 15) is 8.42 Å². The smallest absolute Gasteiger partial charge is 0.178 e.